The maximum absolute atomic E-state index is 10.6. The number of benzene rings is 4. The van der Waals surface area contributed by atoms with Gasteiger partial charge in [-0.25, -0.2) is 9.97 Å². The van der Waals surface area contributed by atoms with Crippen molar-refractivity contribution in [3.05, 3.63) is 127 Å². The lowest BCUT2D eigenvalue weighted by molar-refractivity contribution is 0.480. The average Bonchev–Trinajstić information content (AvgIpc) is 3.03. The molecule has 0 radical (unpaired) electrons. The number of fused-ring (bicyclic) bond motifs is 3. The number of para-hydroxylation sites is 3. The van der Waals surface area contributed by atoms with Gasteiger partial charge in [-0.2, -0.15) is 0 Å². The molecule has 0 spiro atoms. The number of anilines is 6. The fourth-order valence-electron chi connectivity index (χ4n) is 6.09. The van der Waals surface area contributed by atoms with E-state index in [1.54, 1.807) is 6.07 Å². The molecule has 0 fully saturated rings. The molecule has 5 heteroatoms. The van der Waals surface area contributed by atoms with Crippen LogP contribution in [-0.2, 0) is 10.8 Å². The number of hydrogen-bond donors (Lipinski definition) is 1. The van der Waals surface area contributed by atoms with E-state index in [2.05, 4.69) is 130 Å². The van der Waals surface area contributed by atoms with Crippen LogP contribution in [0.3, 0.4) is 0 Å². The first-order valence-electron chi connectivity index (χ1n) is 15.5. The maximum atomic E-state index is 10.6. The van der Waals surface area contributed by atoms with Gasteiger partial charge in [-0.3, -0.25) is 4.90 Å². The summed E-state index contributed by atoms with van der Waals surface area (Å²) in [4.78, 5) is 14.4. The van der Waals surface area contributed by atoms with E-state index in [-0.39, 0.29) is 16.6 Å². The Balaban J connectivity index is 1.46. The summed E-state index contributed by atoms with van der Waals surface area (Å²) in [5, 5.41) is 11.5. The van der Waals surface area contributed by atoms with Crippen LogP contribution in [0, 0.1) is 0 Å². The third-order valence-corrected chi connectivity index (χ3v) is 8.65. The molecule has 5 nitrogen and oxygen atoms in total. The zero-order valence-corrected chi connectivity index (χ0v) is 26.7. The van der Waals surface area contributed by atoms with Gasteiger partial charge in [-0.05, 0) is 82.6 Å². The Morgan fingerprint density at radius 1 is 0.578 bits per heavy atom. The van der Waals surface area contributed by atoms with Crippen molar-refractivity contribution in [2.24, 2.45) is 0 Å². The minimum absolute atomic E-state index is 0.0322. The molecule has 1 N–H and O–H groups in total. The summed E-state index contributed by atoms with van der Waals surface area (Å²) in [6.07, 6.45) is 1.91. The lowest BCUT2D eigenvalue weighted by Crippen LogP contribution is -2.25. The molecule has 1 aliphatic rings. The van der Waals surface area contributed by atoms with Crippen LogP contribution >= 0.6 is 0 Å². The van der Waals surface area contributed by atoms with E-state index < -0.39 is 0 Å². The number of phenols is 1. The molecular weight excluding hydrogens is 552 g/mol. The second kappa shape index (κ2) is 10.5. The summed E-state index contributed by atoms with van der Waals surface area (Å²) in [6.45, 7) is 13.4. The minimum Gasteiger partial charge on any atom is -0.506 e. The van der Waals surface area contributed by atoms with Crippen LogP contribution in [-0.4, -0.2) is 15.1 Å². The van der Waals surface area contributed by atoms with Crippen molar-refractivity contribution in [3.63, 3.8) is 0 Å². The van der Waals surface area contributed by atoms with Gasteiger partial charge in [-0.1, -0.05) is 90.1 Å². The molecule has 6 aromatic rings. The Hall–Kier alpha value is -5.16. The SMILES string of the molecule is CC(C)(C)c1ccc(N2c3ccccc3N(c3cc(C(C)(C)C)ccn3)c3cc(-c4ccc5cccc(O)c5n4)ccc32)cc1. The second-order valence-electron chi connectivity index (χ2n) is 13.9. The topological polar surface area (TPSA) is 52.5 Å². The van der Waals surface area contributed by atoms with Gasteiger partial charge in [0, 0.05) is 22.8 Å². The van der Waals surface area contributed by atoms with Crippen molar-refractivity contribution in [3.8, 4) is 17.0 Å². The van der Waals surface area contributed by atoms with Crippen LogP contribution in [0.2, 0.25) is 0 Å². The molecule has 0 amide bonds. The molecule has 0 atom stereocenters. The average molecular weight is 591 g/mol. The molecule has 0 saturated carbocycles. The van der Waals surface area contributed by atoms with Crippen LogP contribution < -0.4 is 9.80 Å². The van der Waals surface area contributed by atoms with Gasteiger partial charge in [0.05, 0.1) is 28.4 Å². The van der Waals surface area contributed by atoms with Gasteiger partial charge < -0.3 is 10.0 Å². The highest BCUT2D eigenvalue weighted by Gasteiger charge is 2.32. The quantitative estimate of drug-likeness (QED) is 0.222. The molecule has 0 bridgehead atoms. The molecule has 0 unspecified atom stereocenters. The highest BCUT2D eigenvalue weighted by Crippen LogP contribution is 2.54. The normalized spacial score (nSPS) is 13.1. The first kappa shape index (κ1) is 28.6. The van der Waals surface area contributed by atoms with Gasteiger partial charge in [0.2, 0.25) is 0 Å². The molecule has 1 aliphatic heterocycles. The van der Waals surface area contributed by atoms with E-state index in [1.165, 1.54) is 11.1 Å². The summed E-state index contributed by atoms with van der Waals surface area (Å²) >= 11 is 0. The lowest BCUT2D eigenvalue weighted by Gasteiger charge is -2.40. The number of phenolic OH excluding ortho intramolecular Hbond substituents is 1. The predicted molar refractivity (Wildman–Crippen MR) is 187 cm³/mol. The summed E-state index contributed by atoms with van der Waals surface area (Å²) in [5.41, 5.74) is 10.2. The fraction of sp³-hybridized carbons (Fsp3) is 0.200. The molecular formula is C40H38N4O. The Bertz CT molecular complexity index is 2050. The fourth-order valence-corrected chi connectivity index (χ4v) is 6.09. The summed E-state index contributed by atoms with van der Waals surface area (Å²) in [7, 11) is 0. The molecule has 4 aromatic carbocycles. The summed E-state index contributed by atoms with van der Waals surface area (Å²) in [6, 6.07) is 37.8. The standard InChI is InChI=1S/C40H38N4O/c1-39(2,3)28-16-18-30(19-17-28)43-32-11-7-8-12-33(32)44(37-25-29(22-23-41-37)40(4,5)6)35-24-27(15-21-34(35)43)31-20-14-26-10-9-13-36(45)38(26)42-31/h7-25,45H,1-6H3. The van der Waals surface area contributed by atoms with Crippen LogP contribution in [0.1, 0.15) is 52.7 Å². The van der Waals surface area contributed by atoms with Crippen molar-refractivity contribution in [1.29, 1.82) is 0 Å². The maximum Gasteiger partial charge on any atom is 0.141 e. The van der Waals surface area contributed by atoms with Gasteiger partial charge >= 0.3 is 0 Å². The molecule has 0 saturated heterocycles. The summed E-state index contributed by atoms with van der Waals surface area (Å²) in [5.74, 6) is 1.04. The van der Waals surface area contributed by atoms with Crippen molar-refractivity contribution in [1.82, 2.24) is 9.97 Å². The third kappa shape index (κ3) is 5.08. The lowest BCUT2D eigenvalue weighted by atomic mass is 9.87. The van der Waals surface area contributed by atoms with Gasteiger partial charge in [0.1, 0.15) is 17.1 Å². The molecule has 2 aromatic heterocycles. The number of hydrogen-bond acceptors (Lipinski definition) is 5. The van der Waals surface area contributed by atoms with E-state index in [0.717, 1.165) is 50.9 Å². The van der Waals surface area contributed by atoms with E-state index in [0.29, 0.717) is 5.52 Å². The molecule has 3 heterocycles. The Morgan fingerprint density at radius 3 is 1.98 bits per heavy atom. The van der Waals surface area contributed by atoms with Gasteiger partial charge in [0.25, 0.3) is 0 Å². The molecule has 0 aliphatic carbocycles. The monoisotopic (exact) mass is 590 g/mol. The van der Waals surface area contributed by atoms with Gasteiger partial charge in [0.15, 0.2) is 0 Å². The summed E-state index contributed by atoms with van der Waals surface area (Å²) < 4.78 is 0. The zero-order chi connectivity index (χ0) is 31.5. The number of rotatable bonds is 3. The Labute approximate surface area is 265 Å². The zero-order valence-electron chi connectivity index (χ0n) is 26.7. The molecule has 45 heavy (non-hydrogen) atoms. The highest BCUT2D eigenvalue weighted by atomic mass is 16.3. The third-order valence-electron chi connectivity index (χ3n) is 8.65. The largest absolute Gasteiger partial charge is 0.506 e. The molecule has 7 rings (SSSR count). The highest BCUT2D eigenvalue weighted by molar-refractivity contribution is 6.02. The first-order chi connectivity index (χ1) is 21.5. The number of aromatic hydroxyl groups is 1. The predicted octanol–water partition coefficient (Wildman–Crippen LogP) is 10.9. The Kier molecular flexibility index (Phi) is 6.66. The van der Waals surface area contributed by atoms with Crippen molar-refractivity contribution in [2.75, 3.05) is 9.80 Å². The minimum atomic E-state index is -0.0322. The van der Waals surface area contributed by atoms with Crippen molar-refractivity contribution >= 4 is 45.2 Å². The molecule has 224 valence electrons. The van der Waals surface area contributed by atoms with Crippen molar-refractivity contribution in [2.45, 2.75) is 52.4 Å². The number of aromatic nitrogens is 2. The van der Waals surface area contributed by atoms with Crippen LogP contribution in [0.25, 0.3) is 22.2 Å². The first-order valence-corrected chi connectivity index (χ1v) is 15.5. The second-order valence-corrected chi connectivity index (χ2v) is 13.9. The van der Waals surface area contributed by atoms with Gasteiger partial charge in [-0.15, -0.1) is 0 Å². The van der Waals surface area contributed by atoms with Crippen LogP contribution in [0.15, 0.2) is 115 Å². The van der Waals surface area contributed by atoms with E-state index in [1.807, 2.05) is 30.5 Å². The Morgan fingerprint density at radius 2 is 1.27 bits per heavy atom. The van der Waals surface area contributed by atoms with Crippen molar-refractivity contribution < 1.29 is 5.11 Å². The van der Waals surface area contributed by atoms with Crippen LogP contribution in [0.5, 0.6) is 5.75 Å². The number of nitrogens with zero attached hydrogens (tertiary/aromatic N) is 4. The van der Waals surface area contributed by atoms with E-state index in [4.69, 9.17) is 9.97 Å². The van der Waals surface area contributed by atoms with E-state index in [9.17, 15) is 5.11 Å². The smallest absolute Gasteiger partial charge is 0.141 e. The van der Waals surface area contributed by atoms with E-state index >= 15 is 0 Å². The van der Waals surface area contributed by atoms with Crippen LogP contribution in [0.4, 0.5) is 34.3 Å². The number of pyridine rings is 2.